The molecule has 1 unspecified atom stereocenters. The minimum Gasteiger partial charge on any atom is -0.378 e. The van der Waals surface area contributed by atoms with Gasteiger partial charge in [0.25, 0.3) is 5.56 Å². The van der Waals surface area contributed by atoms with E-state index in [1.54, 1.807) is 14.0 Å². The molecule has 2 N–H and O–H groups in total. The fraction of sp³-hybridized carbons (Fsp3) is 0.632. The van der Waals surface area contributed by atoms with Crippen LogP contribution < -0.4 is 11.2 Å². The van der Waals surface area contributed by atoms with Crippen LogP contribution in [0.15, 0.2) is 15.9 Å². The van der Waals surface area contributed by atoms with E-state index in [4.69, 9.17) is 0 Å². The summed E-state index contributed by atoms with van der Waals surface area (Å²) in [4.78, 5) is 33.7. The zero-order valence-electron chi connectivity index (χ0n) is 16.6. The van der Waals surface area contributed by atoms with Crippen LogP contribution in [0.4, 0.5) is 0 Å². The van der Waals surface area contributed by atoms with Gasteiger partial charge in [-0.15, -0.1) is 0 Å². The second kappa shape index (κ2) is 9.02. The highest BCUT2D eigenvalue weighted by Gasteiger charge is 2.17. The fourth-order valence-electron chi connectivity index (χ4n) is 2.98. The Morgan fingerprint density at radius 2 is 2.00 bits per heavy atom. The largest absolute Gasteiger partial charge is 0.378 e. The van der Waals surface area contributed by atoms with Gasteiger partial charge in [-0.2, -0.15) is 0 Å². The lowest BCUT2D eigenvalue weighted by Crippen LogP contribution is -2.39. The lowest BCUT2D eigenvalue weighted by molar-refractivity contribution is 0.108. The maximum atomic E-state index is 12.4. The quantitative estimate of drug-likeness (QED) is 0.523. The number of hydrogen-bond acceptors (Lipinski definition) is 5. The van der Waals surface area contributed by atoms with Crippen molar-refractivity contribution in [1.29, 1.82) is 0 Å². The predicted octanol–water partition coefficient (Wildman–Crippen LogP) is 0.690. The van der Waals surface area contributed by atoms with Crippen LogP contribution in [0.2, 0.25) is 0 Å². The van der Waals surface area contributed by atoms with E-state index in [1.807, 2.05) is 0 Å². The molecule has 0 amide bonds. The van der Waals surface area contributed by atoms with Gasteiger partial charge >= 0.3 is 5.69 Å². The van der Waals surface area contributed by atoms with Crippen molar-refractivity contribution >= 4 is 11.2 Å². The highest BCUT2D eigenvalue weighted by atomic mass is 16.3. The molecule has 0 saturated carbocycles. The molecule has 8 heteroatoms. The van der Waals surface area contributed by atoms with Crippen molar-refractivity contribution in [3.63, 3.8) is 0 Å². The van der Waals surface area contributed by atoms with Gasteiger partial charge < -0.3 is 10.1 Å². The van der Waals surface area contributed by atoms with Crippen LogP contribution in [-0.2, 0) is 13.6 Å². The number of aromatic amines is 1. The molecule has 0 aliphatic rings. The average molecular weight is 375 g/mol. The maximum Gasteiger partial charge on any atom is 0.332 e. The van der Waals surface area contributed by atoms with Crippen LogP contribution >= 0.6 is 0 Å². The van der Waals surface area contributed by atoms with Crippen molar-refractivity contribution < 1.29 is 5.11 Å². The Morgan fingerprint density at radius 3 is 2.67 bits per heavy atom. The molecule has 0 aromatic carbocycles. The Balaban J connectivity index is 1.95. The zero-order chi connectivity index (χ0) is 20.0. The Kier molecular flexibility index (Phi) is 6.99. The van der Waals surface area contributed by atoms with E-state index in [9.17, 15) is 14.7 Å². The first-order chi connectivity index (χ1) is 12.8. The molecule has 1 atom stereocenters. The molecule has 0 bridgehead atoms. The van der Waals surface area contributed by atoms with E-state index in [2.05, 4.69) is 40.6 Å². The molecule has 0 aliphatic heterocycles. The Bertz CT molecular complexity index is 938. The van der Waals surface area contributed by atoms with E-state index in [0.717, 1.165) is 13.1 Å². The summed E-state index contributed by atoms with van der Waals surface area (Å²) in [6.07, 6.45) is 3.15. The van der Waals surface area contributed by atoms with Crippen LogP contribution in [-0.4, -0.2) is 54.3 Å². The van der Waals surface area contributed by atoms with Gasteiger partial charge in [0.15, 0.2) is 5.65 Å². The summed E-state index contributed by atoms with van der Waals surface area (Å²) in [7, 11) is 1.59. The molecule has 148 valence electrons. The van der Waals surface area contributed by atoms with E-state index < -0.39 is 5.60 Å². The SMILES string of the molecule is CCN(CC)CC#CC(C)(O)CCCCn1c(=O)c2[nH]cnc2n(C)c1=O. The highest BCUT2D eigenvalue weighted by Crippen LogP contribution is 2.12. The fourth-order valence-corrected chi connectivity index (χ4v) is 2.98. The number of nitrogens with zero attached hydrogens (tertiary/aromatic N) is 4. The standard InChI is InChI=1S/C19H29N5O3/c1-5-23(6-2)12-9-11-19(3,27)10-7-8-13-24-17(25)15-16(21-14-20-15)22(4)18(24)26/h14,27H,5-8,10,12-13H2,1-4H3,(H,20,21). The summed E-state index contributed by atoms with van der Waals surface area (Å²) in [6, 6.07) is 0. The van der Waals surface area contributed by atoms with Crippen molar-refractivity contribution in [2.75, 3.05) is 19.6 Å². The van der Waals surface area contributed by atoms with Crippen molar-refractivity contribution in [3.8, 4) is 11.8 Å². The molecule has 0 radical (unpaired) electrons. The third-order valence-corrected chi connectivity index (χ3v) is 4.76. The summed E-state index contributed by atoms with van der Waals surface area (Å²) in [5.74, 6) is 5.96. The number of hydrogen-bond donors (Lipinski definition) is 2. The van der Waals surface area contributed by atoms with Gasteiger partial charge in [0.1, 0.15) is 11.1 Å². The zero-order valence-corrected chi connectivity index (χ0v) is 16.6. The van der Waals surface area contributed by atoms with Gasteiger partial charge in [-0.05, 0) is 39.3 Å². The summed E-state index contributed by atoms with van der Waals surface area (Å²) < 4.78 is 2.57. The molecule has 2 aromatic heterocycles. The van der Waals surface area contributed by atoms with Crippen molar-refractivity contribution in [2.24, 2.45) is 7.05 Å². The second-order valence-electron chi connectivity index (χ2n) is 6.89. The first-order valence-corrected chi connectivity index (χ1v) is 9.38. The summed E-state index contributed by atoms with van der Waals surface area (Å²) in [6.45, 7) is 8.65. The number of fused-ring (bicyclic) bond motifs is 1. The van der Waals surface area contributed by atoms with Crippen LogP contribution in [0.3, 0.4) is 0 Å². The van der Waals surface area contributed by atoms with Gasteiger partial charge in [0.05, 0.1) is 12.9 Å². The van der Waals surface area contributed by atoms with Crippen molar-refractivity contribution in [3.05, 3.63) is 27.2 Å². The number of aryl methyl sites for hydroxylation is 1. The lowest BCUT2D eigenvalue weighted by Gasteiger charge is -2.17. The number of nitrogens with one attached hydrogen (secondary N) is 1. The number of rotatable bonds is 8. The number of H-pyrrole nitrogens is 1. The van der Waals surface area contributed by atoms with Crippen molar-refractivity contribution in [2.45, 2.75) is 52.2 Å². The average Bonchev–Trinajstić information content (AvgIpc) is 3.13. The molecule has 0 aliphatic carbocycles. The third kappa shape index (κ3) is 5.08. The molecule has 8 nitrogen and oxygen atoms in total. The Morgan fingerprint density at radius 1 is 1.30 bits per heavy atom. The van der Waals surface area contributed by atoms with E-state index in [-0.39, 0.29) is 11.2 Å². The van der Waals surface area contributed by atoms with Crippen molar-refractivity contribution in [1.82, 2.24) is 24.0 Å². The van der Waals surface area contributed by atoms with Gasteiger partial charge in [-0.25, -0.2) is 9.78 Å². The number of aliphatic hydroxyl groups is 1. The number of imidazole rings is 1. The molecule has 2 heterocycles. The smallest absolute Gasteiger partial charge is 0.332 e. The van der Waals surface area contributed by atoms with Crippen LogP contribution in [0.5, 0.6) is 0 Å². The first kappa shape index (κ1) is 20.9. The molecular weight excluding hydrogens is 346 g/mol. The van der Waals surface area contributed by atoms with Gasteiger partial charge in [-0.1, -0.05) is 25.7 Å². The molecule has 0 fully saturated rings. The van der Waals surface area contributed by atoms with Gasteiger partial charge in [-0.3, -0.25) is 18.8 Å². The first-order valence-electron chi connectivity index (χ1n) is 9.38. The molecular formula is C19H29N5O3. The number of unbranched alkanes of at least 4 members (excludes halogenated alkanes) is 1. The molecule has 0 spiro atoms. The van der Waals surface area contributed by atoms with E-state index >= 15 is 0 Å². The predicted molar refractivity (Wildman–Crippen MR) is 106 cm³/mol. The highest BCUT2D eigenvalue weighted by molar-refractivity contribution is 5.68. The molecule has 2 rings (SSSR count). The van der Waals surface area contributed by atoms with E-state index in [1.165, 1.54) is 15.5 Å². The topological polar surface area (TPSA) is 96.2 Å². The molecule has 27 heavy (non-hydrogen) atoms. The van der Waals surface area contributed by atoms with Gasteiger partial charge in [0, 0.05) is 13.6 Å². The minimum absolute atomic E-state index is 0.295. The minimum atomic E-state index is -1.07. The van der Waals surface area contributed by atoms with Crippen LogP contribution in [0, 0.1) is 11.8 Å². The monoisotopic (exact) mass is 375 g/mol. The normalized spacial score (nSPS) is 13.6. The second-order valence-corrected chi connectivity index (χ2v) is 6.89. The lowest BCUT2D eigenvalue weighted by atomic mass is 9.99. The van der Waals surface area contributed by atoms with E-state index in [0.29, 0.717) is 43.5 Å². The number of aromatic nitrogens is 4. The summed E-state index contributed by atoms with van der Waals surface area (Å²) in [5.41, 5.74) is -1.14. The third-order valence-electron chi connectivity index (χ3n) is 4.76. The summed E-state index contributed by atoms with van der Waals surface area (Å²) >= 11 is 0. The molecule has 0 saturated heterocycles. The van der Waals surface area contributed by atoms with Gasteiger partial charge in [0.2, 0.25) is 0 Å². The summed E-state index contributed by atoms with van der Waals surface area (Å²) in [5, 5.41) is 10.4. The Hall–Kier alpha value is -2.37. The Labute approximate surface area is 158 Å². The molecule has 2 aromatic rings. The maximum absolute atomic E-state index is 12.4. The van der Waals surface area contributed by atoms with Crippen LogP contribution in [0.25, 0.3) is 11.2 Å². The van der Waals surface area contributed by atoms with Crippen LogP contribution in [0.1, 0.15) is 40.0 Å².